The zero-order valence-electron chi connectivity index (χ0n) is 21.0. The van der Waals surface area contributed by atoms with Gasteiger partial charge in [0.15, 0.2) is 0 Å². The Morgan fingerprint density at radius 2 is 1.90 bits per heavy atom. The molecule has 0 bridgehead atoms. The van der Waals surface area contributed by atoms with Crippen LogP contribution in [0.15, 0.2) is 11.6 Å². The Labute approximate surface area is 191 Å². The van der Waals surface area contributed by atoms with Gasteiger partial charge in [-0.15, -0.1) is 0 Å². The number of fused-ring (bicyclic) bond motifs is 5. The largest absolute Gasteiger partial charge is 0.393 e. The number of carbonyl (C=O) groups excluding carboxylic acids is 1. The highest BCUT2D eigenvalue weighted by Gasteiger charge is 2.58. The molecule has 0 heterocycles. The second-order valence-corrected chi connectivity index (χ2v) is 12.7. The minimum absolute atomic E-state index is 0.117. The van der Waals surface area contributed by atoms with E-state index in [-0.39, 0.29) is 6.10 Å². The van der Waals surface area contributed by atoms with E-state index in [4.69, 9.17) is 0 Å². The average molecular weight is 429 g/mol. The van der Waals surface area contributed by atoms with E-state index in [9.17, 15) is 9.90 Å². The maximum atomic E-state index is 13.1. The molecule has 4 aliphatic rings. The van der Waals surface area contributed by atoms with E-state index in [1.54, 1.807) is 5.57 Å². The molecule has 4 aliphatic carbocycles. The summed E-state index contributed by atoms with van der Waals surface area (Å²) in [6.45, 7) is 11.9. The van der Waals surface area contributed by atoms with E-state index in [2.05, 4.69) is 40.7 Å². The van der Waals surface area contributed by atoms with Crippen molar-refractivity contribution in [2.45, 2.75) is 118 Å². The fourth-order valence-electron chi connectivity index (χ4n) is 8.78. The van der Waals surface area contributed by atoms with Crippen molar-refractivity contribution in [3.05, 3.63) is 11.6 Å². The van der Waals surface area contributed by atoms with Crippen LogP contribution >= 0.6 is 0 Å². The van der Waals surface area contributed by atoms with Gasteiger partial charge in [-0.1, -0.05) is 59.1 Å². The van der Waals surface area contributed by atoms with Crippen LogP contribution < -0.4 is 0 Å². The number of rotatable bonds is 7. The summed E-state index contributed by atoms with van der Waals surface area (Å²) in [5.74, 6) is 4.72. The third-order valence-corrected chi connectivity index (χ3v) is 10.8. The quantitative estimate of drug-likeness (QED) is 0.430. The fourth-order valence-corrected chi connectivity index (χ4v) is 8.78. The molecule has 0 saturated heterocycles. The van der Waals surface area contributed by atoms with Crippen LogP contribution in [-0.2, 0) is 4.79 Å². The van der Waals surface area contributed by atoms with Gasteiger partial charge >= 0.3 is 0 Å². The Hall–Kier alpha value is -0.630. The predicted molar refractivity (Wildman–Crippen MR) is 129 cm³/mol. The topological polar surface area (TPSA) is 37.3 Å². The molecular weight excluding hydrogens is 380 g/mol. The highest BCUT2D eigenvalue weighted by atomic mass is 16.3. The van der Waals surface area contributed by atoms with Crippen molar-refractivity contribution in [1.82, 2.24) is 0 Å². The lowest BCUT2D eigenvalue weighted by Crippen LogP contribution is -2.50. The van der Waals surface area contributed by atoms with Crippen molar-refractivity contribution in [3.63, 3.8) is 0 Å². The first-order valence-corrected chi connectivity index (χ1v) is 13.6. The van der Waals surface area contributed by atoms with E-state index in [0.29, 0.717) is 34.4 Å². The second-order valence-electron chi connectivity index (χ2n) is 12.7. The molecule has 176 valence electrons. The Morgan fingerprint density at radius 1 is 1.13 bits per heavy atom. The second kappa shape index (κ2) is 8.96. The maximum absolute atomic E-state index is 13.1. The minimum Gasteiger partial charge on any atom is -0.393 e. The summed E-state index contributed by atoms with van der Waals surface area (Å²) >= 11 is 0. The Balaban J connectivity index is 1.45. The number of ketones is 1. The first-order chi connectivity index (χ1) is 14.7. The van der Waals surface area contributed by atoms with Crippen molar-refractivity contribution in [1.29, 1.82) is 0 Å². The van der Waals surface area contributed by atoms with Gasteiger partial charge in [-0.2, -0.15) is 0 Å². The number of aliphatic hydroxyl groups is 1. The molecule has 0 aromatic carbocycles. The summed E-state index contributed by atoms with van der Waals surface area (Å²) in [4.78, 5) is 13.1. The molecule has 7 unspecified atom stereocenters. The summed E-state index contributed by atoms with van der Waals surface area (Å²) in [5.41, 5.74) is 2.25. The van der Waals surface area contributed by atoms with Crippen molar-refractivity contribution < 1.29 is 9.90 Å². The lowest BCUT2D eigenvalue weighted by Gasteiger charge is -2.58. The van der Waals surface area contributed by atoms with Gasteiger partial charge in [-0.25, -0.2) is 0 Å². The SMILES string of the molecule is CCCC(CC(=O)C[C@H]1CCC2C3CC=C4CC(O)CCC4(C)C3CCC21C)C(C)C. The molecule has 3 saturated carbocycles. The summed E-state index contributed by atoms with van der Waals surface area (Å²) < 4.78 is 0. The highest BCUT2D eigenvalue weighted by Crippen LogP contribution is 2.66. The molecule has 4 rings (SSSR count). The lowest BCUT2D eigenvalue weighted by atomic mass is 9.47. The fraction of sp³-hybridized carbons (Fsp3) is 0.897. The summed E-state index contributed by atoms with van der Waals surface area (Å²) in [6.07, 6.45) is 16.0. The van der Waals surface area contributed by atoms with Crippen molar-refractivity contribution in [3.8, 4) is 0 Å². The Bertz CT molecular complexity index is 693. The van der Waals surface area contributed by atoms with E-state index >= 15 is 0 Å². The summed E-state index contributed by atoms with van der Waals surface area (Å²) in [7, 11) is 0. The normalized spacial score (nSPS) is 43.1. The van der Waals surface area contributed by atoms with Crippen LogP contribution in [0.25, 0.3) is 0 Å². The molecule has 0 aromatic heterocycles. The predicted octanol–water partition coefficient (Wildman–Crippen LogP) is 7.35. The van der Waals surface area contributed by atoms with Crippen LogP contribution in [0.4, 0.5) is 0 Å². The van der Waals surface area contributed by atoms with Crippen molar-refractivity contribution >= 4 is 5.78 Å². The molecule has 0 radical (unpaired) electrons. The number of hydrogen-bond donors (Lipinski definition) is 1. The zero-order chi connectivity index (χ0) is 22.4. The van der Waals surface area contributed by atoms with Crippen LogP contribution in [0.2, 0.25) is 0 Å². The van der Waals surface area contributed by atoms with Gasteiger partial charge in [0, 0.05) is 12.8 Å². The first-order valence-electron chi connectivity index (χ1n) is 13.6. The van der Waals surface area contributed by atoms with E-state index < -0.39 is 0 Å². The molecule has 0 spiro atoms. The van der Waals surface area contributed by atoms with Crippen LogP contribution in [0.1, 0.15) is 112 Å². The van der Waals surface area contributed by atoms with Gasteiger partial charge in [-0.3, -0.25) is 4.79 Å². The minimum atomic E-state index is -0.117. The van der Waals surface area contributed by atoms with E-state index in [1.807, 2.05) is 0 Å². The first kappa shape index (κ1) is 23.5. The van der Waals surface area contributed by atoms with Gasteiger partial charge in [0.2, 0.25) is 0 Å². The number of aliphatic hydroxyl groups excluding tert-OH is 1. The number of carbonyl (C=O) groups is 1. The van der Waals surface area contributed by atoms with Gasteiger partial charge in [-0.05, 0) is 97.7 Å². The Kier molecular flexibility index (Phi) is 6.80. The van der Waals surface area contributed by atoms with Gasteiger partial charge in [0.25, 0.3) is 0 Å². The van der Waals surface area contributed by atoms with Gasteiger partial charge < -0.3 is 5.11 Å². The number of Topliss-reactive ketones (excluding diaryl/α,β-unsaturated/α-hetero) is 1. The van der Waals surface area contributed by atoms with Crippen LogP contribution in [0, 0.1) is 46.3 Å². The summed E-state index contributed by atoms with van der Waals surface area (Å²) in [5, 5.41) is 10.2. The molecule has 31 heavy (non-hydrogen) atoms. The third kappa shape index (κ3) is 4.20. The molecule has 0 aliphatic heterocycles. The molecular formula is C29H48O2. The van der Waals surface area contributed by atoms with Crippen LogP contribution in [0.3, 0.4) is 0 Å². The lowest BCUT2D eigenvalue weighted by molar-refractivity contribution is -0.123. The van der Waals surface area contributed by atoms with Crippen molar-refractivity contribution in [2.24, 2.45) is 46.3 Å². The van der Waals surface area contributed by atoms with Gasteiger partial charge in [0.1, 0.15) is 5.78 Å². The molecule has 1 N–H and O–H groups in total. The Morgan fingerprint density at radius 3 is 2.61 bits per heavy atom. The third-order valence-electron chi connectivity index (χ3n) is 10.8. The summed E-state index contributed by atoms with van der Waals surface area (Å²) in [6, 6.07) is 0. The molecule has 8 atom stereocenters. The average Bonchev–Trinajstić information content (AvgIpc) is 3.04. The molecule has 0 amide bonds. The van der Waals surface area contributed by atoms with Crippen LogP contribution in [-0.4, -0.2) is 17.0 Å². The zero-order valence-corrected chi connectivity index (χ0v) is 21.0. The van der Waals surface area contributed by atoms with Crippen LogP contribution in [0.5, 0.6) is 0 Å². The maximum Gasteiger partial charge on any atom is 0.133 e. The number of allylic oxidation sites excluding steroid dienone is 1. The van der Waals surface area contributed by atoms with E-state index in [0.717, 1.165) is 43.4 Å². The molecule has 2 heteroatoms. The number of hydrogen-bond acceptors (Lipinski definition) is 2. The van der Waals surface area contributed by atoms with Crippen molar-refractivity contribution in [2.75, 3.05) is 0 Å². The smallest absolute Gasteiger partial charge is 0.133 e. The molecule has 2 nitrogen and oxygen atoms in total. The van der Waals surface area contributed by atoms with E-state index in [1.165, 1.54) is 51.4 Å². The highest BCUT2D eigenvalue weighted by molar-refractivity contribution is 5.79. The van der Waals surface area contributed by atoms with Gasteiger partial charge in [0.05, 0.1) is 6.10 Å². The molecule has 0 aromatic rings. The molecule has 3 fully saturated rings. The monoisotopic (exact) mass is 428 g/mol. The standard InChI is InChI=1S/C29H48O2/c1-6-7-20(19(2)3)16-24(31)18-22-9-11-26-25-10-8-21-17-23(30)12-14-28(21,4)27(25)13-15-29(22,26)5/h8,19-20,22-23,25-27,30H,6-7,9-18H2,1-5H3/t20?,22-,23?,25?,26?,27?,28?,29?/m1/s1.